The summed E-state index contributed by atoms with van der Waals surface area (Å²) in [5, 5.41) is 0. The van der Waals surface area contributed by atoms with Crippen LogP contribution in [0.2, 0.25) is 0 Å². The van der Waals surface area contributed by atoms with Crippen LogP contribution < -0.4 is 0 Å². The van der Waals surface area contributed by atoms with Crippen molar-refractivity contribution in [1.29, 1.82) is 0 Å². The van der Waals surface area contributed by atoms with Gasteiger partial charge in [-0.25, -0.2) is 4.79 Å². The van der Waals surface area contributed by atoms with Crippen molar-refractivity contribution in [2.45, 2.75) is 38.8 Å². The summed E-state index contributed by atoms with van der Waals surface area (Å²) in [4.78, 5) is 14.3. The van der Waals surface area contributed by atoms with E-state index in [-0.39, 0.29) is 18.2 Å². The zero-order valence-corrected chi connectivity index (χ0v) is 12.8. The molecule has 2 bridgehead atoms. The van der Waals surface area contributed by atoms with Gasteiger partial charge < -0.3 is 4.74 Å². The summed E-state index contributed by atoms with van der Waals surface area (Å²) in [6, 6.07) is 8.91. The molecular formula is C18H21NO2. The Morgan fingerprint density at radius 2 is 1.52 bits per heavy atom. The highest BCUT2D eigenvalue weighted by molar-refractivity contribution is 5.73. The van der Waals surface area contributed by atoms with Crippen molar-refractivity contribution in [3.05, 3.63) is 46.5 Å². The second-order valence-electron chi connectivity index (χ2n) is 6.21. The molecule has 1 aromatic rings. The van der Waals surface area contributed by atoms with Gasteiger partial charge in [0.05, 0.1) is 19.2 Å². The molecule has 4 atom stereocenters. The van der Waals surface area contributed by atoms with Crippen LogP contribution in [-0.4, -0.2) is 18.1 Å². The van der Waals surface area contributed by atoms with E-state index >= 15 is 0 Å². The van der Waals surface area contributed by atoms with E-state index in [2.05, 4.69) is 38.1 Å². The number of nitrogens with zero attached hydrogens (tertiary/aromatic N) is 1. The standard InChI is InChI=1S/C18H21NO2/c1-4-10-11(5-2)15-14(10)16-12-8-6-7-9-13(12)17(15)19(16)18(20)21-3/h6-9,14-17H,4-5H2,1-3H3/t14-,15+,16+,17-. The van der Waals surface area contributed by atoms with Crippen LogP contribution in [0.3, 0.4) is 0 Å². The highest BCUT2D eigenvalue weighted by atomic mass is 16.5. The molecule has 0 aromatic heterocycles. The van der Waals surface area contributed by atoms with Gasteiger partial charge in [0.1, 0.15) is 0 Å². The minimum Gasteiger partial charge on any atom is -0.453 e. The SMILES string of the molecule is CCC1=C(CC)[C@H]2[C@@H]1[C@@H]1c3ccccc3[C@H]2N1C(=O)OC. The summed E-state index contributed by atoms with van der Waals surface area (Å²) in [7, 11) is 1.49. The van der Waals surface area contributed by atoms with Crippen molar-refractivity contribution >= 4 is 6.09 Å². The van der Waals surface area contributed by atoms with Gasteiger partial charge in [-0.2, -0.15) is 0 Å². The minimum absolute atomic E-state index is 0.179. The summed E-state index contributed by atoms with van der Waals surface area (Å²) in [6.45, 7) is 4.48. The molecule has 0 spiro atoms. The molecule has 3 heteroatoms. The summed E-state index contributed by atoms with van der Waals surface area (Å²) < 4.78 is 5.08. The normalized spacial score (nSPS) is 31.9. The van der Waals surface area contributed by atoms with Gasteiger partial charge in [-0.05, 0) is 24.0 Å². The molecule has 0 N–H and O–H groups in total. The average molecular weight is 283 g/mol. The first-order chi connectivity index (χ1) is 10.2. The van der Waals surface area contributed by atoms with Gasteiger partial charge in [0, 0.05) is 11.8 Å². The van der Waals surface area contributed by atoms with Gasteiger partial charge in [0.25, 0.3) is 0 Å². The lowest BCUT2D eigenvalue weighted by molar-refractivity contribution is 0.107. The third-order valence-corrected chi connectivity index (χ3v) is 5.66. The molecule has 2 aliphatic heterocycles. The van der Waals surface area contributed by atoms with E-state index in [1.807, 2.05) is 4.90 Å². The number of amides is 1. The topological polar surface area (TPSA) is 29.5 Å². The Labute approximate surface area is 125 Å². The fourth-order valence-electron chi connectivity index (χ4n) is 5.05. The van der Waals surface area contributed by atoms with Gasteiger partial charge >= 0.3 is 6.09 Å². The Morgan fingerprint density at radius 1 is 1.05 bits per heavy atom. The van der Waals surface area contributed by atoms with Crippen LogP contribution in [-0.2, 0) is 4.74 Å². The number of carbonyl (C=O) groups is 1. The van der Waals surface area contributed by atoms with Crippen LogP contribution >= 0.6 is 0 Å². The van der Waals surface area contributed by atoms with E-state index in [0.717, 1.165) is 12.8 Å². The Balaban J connectivity index is 1.85. The van der Waals surface area contributed by atoms with Crippen LogP contribution in [0.4, 0.5) is 4.79 Å². The van der Waals surface area contributed by atoms with Crippen LogP contribution in [0, 0.1) is 11.8 Å². The number of ether oxygens (including phenoxy) is 1. The van der Waals surface area contributed by atoms with Crippen molar-refractivity contribution in [2.24, 2.45) is 11.8 Å². The largest absolute Gasteiger partial charge is 0.453 e. The van der Waals surface area contributed by atoms with E-state index in [9.17, 15) is 4.79 Å². The predicted molar refractivity (Wildman–Crippen MR) is 80.8 cm³/mol. The van der Waals surface area contributed by atoms with Crippen LogP contribution in [0.5, 0.6) is 0 Å². The average Bonchev–Trinajstić information content (AvgIpc) is 2.96. The molecule has 1 aliphatic carbocycles. The first-order valence-electron chi connectivity index (χ1n) is 7.91. The number of hydrogen-bond donors (Lipinski definition) is 0. The predicted octanol–water partition coefficient (Wildman–Crippen LogP) is 4.23. The van der Waals surface area contributed by atoms with Gasteiger partial charge in [0.15, 0.2) is 0 Å². The lowest BCUT2D eigenvalue weighted by atomic mass is 9.59. The van der Waals surface area contributed by atoms with E-state index in [0.29, 0.717) is 11.8 Å². The Bertz CT molecular complexity index is 601. The Hall–Kier alpha value is -1.77. The molecule has 0 radical (unpaired) electrons. The molecule has 1 aromatic carbocycles. The van der Waals surface area contributed by atoms with Crippen molar-refractivity contribution in [3.8, 4) is 0 Å². The maximum absolute atomic E-state index is 12.3. The highest BCUT2D eigenvalue weighted by Crippen LogP contribution is 2.69. The zero-order chi connectivity index (χ0) is 14.7. The van der Waals surface area contributed by atoms with Crippen LogP contribution in [0.1, 0.15) is 49.9 Å². The first-order valence-corrected chi connectivity index (χ1v) is 7.91. The Morgan fingerprint density at radius 3 is 1.90 bits per heavy atom. The molecular weight excluding hydrogens is 262 g/mol. The maximum Gasteiger partial charge on any atom is 0.410 e. The monoisotopic (exact) mass is 283 g/mol. The van der Waals surface area contributed by atoms with E-state index in [1.54, 1.807) is 11.1 Å². The quantitative estimate of drug-likeness (QED) is 0.760. The Kier molecular flexibility index (Phi) is 2.69. The third-order valence-electron chi connectivity index (χ3n) is 5.66. The molecule has 2 heterocycles. The van der Waals surface area contributed by atoms with Crippen molar-refractivity contribution in [1.82, 2.24) is 4.90 Å². The first kappa shape index (κ1) is 12.9. The summed E-state index contributed by atoms with van der Waals surface area (Å²) in [5.74, 6) is 1.04. The van der Waals surface area contributed by atoms with Crippen molar-refractivity contribution in [2.75, 3.05) is 7.11 Å². The fourth-order valence-corrected chi connectivity index (χ4v) is 5.05. The number of carbonyl (C=O) groups excluding carboxylic acids is 1. The summed E-state index contributed by atoms with van der Waals surface area (Å²) in [6.07, 6.45) is 2.02. The number of rotatable bonds is 2. The van der Waals surface area contributed by atoms with Gasteiger partial charge in [0.2, 0.25) is 0 Å². The molecule has 3 aliphatic rings. The molecule has 110 valence electrons. The van der Waals surface area contributed by atoms with Crippen LogP contribution in [0.25, 0.3) is 0 Å². The summed E-state index contributed by atoms with van der Waals surface area (Å²) >= 11 is 0. The molecule has 0 saturated carbocycles. The van der Waals surface area contributed by atoms with E-state index in [4.69, 9.17) is 4.74 Å². The molecule has 1 saturated heterocycles. The second-order valence-corrected chi connectivity index (χ2v) is 6.21. The lowest BCUT2D eigenvalue weighted by Crippen LogP contribution is -2.34. The highest BCUT2D eigenvalue weighted by Gasteiger charge is 2.63. The zero-order valence-electron chi connectivity index (χ0n) is 12.8. The van der Waals surface area contributed by atoms with Crippen molar-refractivity contribution in [3.63, 3.8) is 0 Å². The fraction of sp³-hybridized carbons (Fsp3) is 0.500. The number of benzene rings is 1. The number of methoxy groups -OCH3 is 1. The minimum atomic E-state index is -0.179. The number of fused-ring (bicyclic) bond motifs is 8. The van der Waals surface area contributed by atoms with Crippen LogP contribution in [0.15, 0.2) is 35.4 Å². The molecule has 4 rings (SSSR count). The molecule has 3 nitrogen and oxygen atoms in total. The van der Waals surface area contributed by atoms with Crippen molar-refractivity contribution < 1.29 is 9.53 Å². The third kappa shape index (κ3) is 1.37. The number of hydrogen-bond acceptors (Lipinski definition) is 2. The lowest BCUT2D eigenvalue weighted by Gasteiger charge is -2.43. The molecule has 21 heavy (non-hydrogen) atoms. The molecule has 1 fully saturated rings. The van der Waals surface area contributed by atoms with Gasteiger partial charge in [-0.1, -0.05) is 49.3 Å². The maximum atomic E-state index is 12.3. The smallest absolute Gasteiger partial charge is 0.410 e. The molecule has 0 unspecified atom stereocenters. The van der Waals surface area contributed by atoms with Gasteiger partial charge in [-0.15, -0.1) is 0 Å². The van der Waals surface area contributed by atoms with Gasteiger partial charge in [-0.3, -0.25) is 4.90 Å². The summed E-state index contributed by atoms with van der Waals surface area (Å²) in [5.41, 5.74) is 5.82. The molecule has 1 amide bonds. The second kappa shape index (κ2) is 4.36. The van der Waals surface area contributed by atoms with E-state index < -0.39 is 0 Å². The van der Waals surface area contributed by atoms with E-state index in [1.165, 1.54) is 18.2 Å².